The maximum atomic E-state index is 12.5. The van der Waals surface area contributed by atoms with Crippen molar-refractivity contribution in [2.24, 2.45) is 5.10 Å². The Hall–Kier alpha value is -4.79. The first-order valence-corrected chi connectivity index (χ1v) is 16.3. The van der Waals surface area contributed by atoms with Crippen molar-refractivity contribution in [2.75, 3.05) is 26.9 Å². The van der Waals surface area contributed by atoms with Crippen molar-refractivity contribution >= 4 is 51.7 Å². The zero-order chi connectivity index (χ0) is 35.5. The molecule has 0 bridgehead atoms. The highest BCUT2D eigenvalue weighted by Crippen LogP contribution is 2.35. The summed E-state index contributed by atoms with van der Waals surface area (Å²) in [6.07, 6.45) is 0.219. The zero-order valence-corrected chi connectivity index (χ0v) is 29.5. The third-order valence-electron chi connectivity index (χ3n) is 6.98. The van der Waals surface area contributed by atoms with E-state index in [-0.39, 0.29) is 18.8 Å². The predicted octanol–water partition coefficient (Wildman–Crippen LogP) is 5.38. The van der Waals surface area contributed by atoms with Crippen molar-refractivity contribution in [1.82, 2.24) is 16.1 Å². The van der Waals surface area contributed by atoms with Gasteiger partial charge in [0.05, 0.1) is 48.2 Å². The van der Waals surface area contributed by atoms with Crippen molar-refractivity contribution in [2.45, 2.75) is 39.6 Å². The van der Waals surface area contributed by atoms with Crippen LogP contribution in [0.15, 0.2) is 75.4 Å². The number of esters is 2. The molecule has 1 aliphatic heterocycles. The lowest BCUT2D eigenvalue weighted by Gasteiger charge is -2.28. The first-order valence-electron chi connectivity index (χ1n) is 15.1. The number of hydrazone groups is 1. The Morgan fingerprint density at radius 3 is 2.49 bits per heavy atom. The standard InChI is InChI=1S/C34H36BrClN4O9/c1-5-46-27-14-22(30-29(33(43)45-4)19(3)38-34(44)39-30)11-12-26(27)48-18-28(41)40-37-16-23-13-24(36)15-25(35)31(23)49-17-20-7-9-21(10-8-20)32(42)47-6-2/h7-16,28,30,40-41H,5-6,17-18H2,1-4H3,(H2,38,39,44)/b37-16+/t28-,30-/m0/s1. The van der Waals surface area contributed by atoms with Crippen molar-refractivity contribution < 1.29 is 43.2 Å². The van der Waals surface area contributed by atoms with Gasteiger partial charge < -0.3 is 39.4 Å². The summed E-state index contributed by atoms with van der Waals surface area (Å²) in [6, 6.07) is 13.9. The van der Waals surface area contributed by atoms with Gasteiger partial charge in [0.25, 0.3) is 0 Å². The fraction of sp³-hybridized carbons (Fsp3) is 0.294. The second-order valence-electron chi connectivity index (χ2n) is 10.4. The maximum absolute atomic E-state index is 12.5. The van der Waals surface area contributed by atoms with E-state index in [1.165, 1.54) is 13.3 Å². The number of carbonyl (C=O) groups is 3. The van der Waals surface area contributed by atoms with Gasteiger partial charge in [-0.15, -0.1) is 0 Å². The van der Waals surface area contributed by atoms with Gasteiger partial charge in [-0.05, 0) is 84.2 Å². The molecule has 1 heterocycles. The van der Waals surface area contributed by atoms with Crippen LogP contribution in [-0.2, 0) is 20.9 Å². The number of nitrogens with one attached hydrogen (secondary N) is 3. The summed E-state index contributed by atoms with van der Waals surface area (Å²) >= 11 is 9.75. The van der Waals surface area contributed by atoms with Crippen LogP contribution in [-0.4, -0.2) is 62.4 Å². The van der Waals surface area contributed by atoms with Crippen LogP contribution in [0.1, 0.15) is 53.9 Å². The molecule has 0 saturated carbocycles. The summed E-state index contributed by atoms with van der Waals surface area (Å²) in [5.74, 6) is 0.136. The minimum Gasteiger partial charge on any atom is -0.490 e. The van der Waals surface area contributed by atoms with Crippen molar-refractivity contribution in [1.29, 1.82) is 0 Å². The molecule has 49 heavy (non-hydrogen) atoms. The predicted molar refractivity (Wildman–Crippen MR) is 185 cm³/mol. The topological polar surface area (TPSA) is 166 Å². The average molecular weight is 760 g/mol. The second-order valence-corrected chi connectivity index (χ2v) is 11.7. The highest BCUT2D eigenvalue weighted by molar-refractivity contribution is 9.10. The highest BCUT2D eigenvalue weighted by Gasteiger charge is 2.32. The molecule has 0 spiro atoms. The van der Waals surface area contributed by atoms with Crippen LogP contribution in [0.4, 0.5) is 4.79 Å². The minimum atomic E-state index is -1.23. The number of nitrogens with zero attached hydrogens (tertiary/aromatic N) is 1. The number of ether oxygens (including phenoxy) is 5. The number of aliphatic hydroxyl groups excluding tert-OH is 1. The Morgan fingerprint density at radius 1 is 1.04 bits per heavy atom. The van der Waals surface area contributed by atoms with E-state index in [0.717, 1.165) is 5.56 Å². The monoisotopic (exact) mass is 758 g/mol. The van der Waals surface area contributed by atoms with Crippen LogP contribution in [0.25, 0.3) is 0 Å². The molecular formula is C34H36BrClN4O9. The molecule has 0 aliphatic carbocycles. The summed E-state index contributed by atoms with van der Waals surface area (Å²) < 4.78 is 28.2. The average Bonchev–Trinajstić information content (AvgIpc) is 3.07. The van der Waals surface area contributed by atoms with E-state index in [4.69, 9.17) is 35.3 Å². The van der Waals surface area contributed by atoms with E-state index in [1.807, 2.05) is 0 Å². The van der Waals surface area contributed by atoms with Crippen LogP contribution in [0.2, 0.25) is 5.02 Å². The number of rotatable bonds is 15. The Balaban J connectivity index is 1.40. The van der Waals surface area contributed by atoms with E-state index in [9.17, 15) is 19.5 Å². The lowest BCUT2D eigenvalue weighted by molar-refractivity contribution is -0.136. The smallest absolute Gasteiger partial charge is 0.338 e. The van der Waals surface area contributed by atoms with Gasteiger partial charge in [-0.3, -0.25) is 5.43 Å². The third-order valence-corrected chi connectivity index (χ3v) is 7.79. The van der Waals surface area contributed by atoms with Gasteiger partial charge >= 0.3 is 18.0 Å². The first kappa shape index (κ1) is 37.0. The molecule has 0 fully saturated rings. The molecule has 4 N–H and O–H groups in total. The Bertz CT molecular complexity index is 1730. The van der Waals surface area contributed by atoms with Gasteiger partial charge in [0.2, 0.25) is 0 Å². The molecule has 260 valence electrons. The number of amides is 2. The third kappa shape index (κ3) is 9.87. The second kappa shape index (κ2) is 17.6. The highest BCUT2D eigenvalue weighted by atomic mass is 79.9. The summed E-state index contributed by atoms with van der Waals surface area (Å²) in [5, 5.41) is 20.5. The molecule has 2 amide bonds. The maximum Gasteiger partial charge on any atom is 0.338 e. The molecule has 0 saturated heterocycles. The van der Waals surface area contributed by atoms with Gasteiger partial charge in [-0.1, -0.05) is 29.8 Å². The van der Waals surface area contributed by atoms with Crippen LogP contribution in [0, 0.1) is 0 Å². The fourth-order valence-electron chi connectivity index (χ4n) is 4.75. The molecule has 1 aliphatic rings. The van der Waals surface area contributed by atoms with E-state index in [0.29, 0.717) is 62.3 Å². The number of aliphatic hydroxyl groups is 1. The van der Waals surface area contributed by atoms with Crippen LogP contribution < -0.4 is 30.3 Å². The van der Waals surface area contributed by atoms with Crippen LogP contribution in [0.3, 0.4) is 0 Å². The van der Waals surface area contributed by atoms with Gasteiger partial charge in [-0.25, -0.2) is 14.4 Å². The molecule has 3 aromatic carbocycles. The van der Waals surface area contributed by atoms with E-state index < -0.39 is 30.2 Å². The Morgan fingerprint density at radius 2 is 1.80 bits per heavy atom. The number of urea groups is 1. The molecular weight excluding hydrogens is 724 g/mol. The number of allylic oxidation sites excluding steroid dienone is 1. The van der Waals surface area contributed by atoms with Gasteiger partial charge in [0, 0.05) is 16.3 Å². The normalized spacial score (nSPS) is 14.8. The summed E-state index contributed by atoms with van der Waals surface area (Å²) in [4.78, 5) is 36.6. The van der Waals surface area contributed by atoms with Crippen molar-refractivity contribution in [3.63, 3.8) is 0 Å². The van der Waals surface area contributed by atoms with E-state index in [1.54, 1.807) is 75.4 Å². The van der Waals surface area contributed by atoms with Crippen molar-refractivity contribution in [3.05, 3.63) is 97.6 Å². The molecule has 3 aromatic rings. The number of hydrogen-bond donors (Lipinski definition) is 4. The molecule has 0 radical (unpaired) electrons. The first-order chi connectivity index (χ1) is 23.5. The molecule has 2 atom stereocenters. The fourth-order valence-corrected chi connectivity index (χ4v) is 5.70. The molecule has 13 nitrogen and oxygen atoms in total. The summed E-state index contributed by atoms with van der Waals surface area (Å²) in [6.45, 7) is 5.74. The molecule has 4 rings (SSSR count). The number of halogens is 2. The molecule has 0 aromatic heterocycles. The van der Waals surface area contributed by atoms with Crippen LogP contribution >= 0.6 is 27.5 Å². The molecule has 0 unspecified atom stereocenters. The lowest BCUT2D eigenvalue weighted by atomic mass is 9.95. The van der Waals surface area contributed by atoms with Crippen molar-refractivity contribution in [3.8, 4) is 17.2 Å². The van der Waals surface area contributed by atoms with Gasteiger partial charge in [0.1, 0.15) is 19.0 Å². The van der Waals surface area contributed by atoms with Gasteiger partial charge in [-0.2, -0.15) is 5.10 Å². The number of hydrogen-bond acceptors (Lipinski definition) is 11. The largest absolute Gasteiger partial charge is 0.490 e. The van der Waals surface area contributed by atoms with Crippen LogP contribution in [0.5, 0.6) is 17.2 Å². The summed E-state index contributed by atoms with van der Waals surface area (Å²) in [7, 11) is 1.26. The van der Waals surface area contributed by atoms with E-state index in [2.05, 4.69) is 37.1 Å². The Labute approximate surface area is 296 Å². The lowest BCUT2D eigenvalue weighted by Crippen LogP contribution is -2.45. The SMILES string of the molecule is CCOC(=O)c1ccc(COc2c(Br)cc(Cl)cc2/C=N/N[C@@H](O)COc2ccc([C@@H]3NC(=O)NC(C)=C3C(=O)OC)cc2OCC)cc1. The van der Waals surface area contributed by atoms with E-state index >= 15 is 0 Å². The number of benzene rings is 3. The minimum absolute atomic E-state index is 0.193. The number of methoxy groups -OCH3 is 1. The van der Waals surface area contributed by atoms with Gasteiger partial charge in [0.15, 0.2) is 17.7 Å². The Kier molecular flexibility index (Phi) is 13.3. The number of carbonyl (C=O) groups excluding carboxylic acids is 3. The molecule has 15 heteroatoms. The summed E-state index contributed by atoms with van der Waals surface area (Å²) in [5.41, 5.74) is 5.58. The quantitative estimate of drug-likeness (QED) is 0.0685. The zero-order valence-electron chi connectivity index (χ0n) is 27.2.